The van der Waals surface area contributed by atoms with Crippen LogP contribution in [-0.4, -0.2) is 15.5 Å². The monoisotopic (exact) mass is 318 g/mol. The fourth-order valence-corrected chi connectivity index (χ4v) is 3.04. The van der Waals surface area contributed by atoms with Crippen molar-refractivity contribution in [2.24, 2.45) is 0 Å². The topological polar surface area (TPSA) is 44.1 Å². The minimum Gasteiger partial charge on any atom is -0.407 e. The van der Waals surface area contributed by atoms with Gasteiger partial charge in [0.2, 0.25) is 0 Å². The minimum absolute atomic E-state index is 0.107. The van der Waals surface area contributed by atoms with E-state index in [0.717, 1.165) is 29.7 Å². The van der Waals surface area contributed by atoms with E-state index in [2.05, 4.69) is 4.98 Å². The summed E-state index contributed by atoms with van der Waals surface area (Å²) in [6.45, 7) is 0.442. The fraction of sp³-hybridized carbons (Fsp3) is 0.200. The van der Waals surface area contributed by atoms with Crippen LogP contribution in [0.3, 0.4) is 0 Å². The van der Waals surface area contributed by atoms with E-state index < -0.39 is 0 Å². The number of rotatable bonds is 4. The highest BCUT2D eigenvalue weighted by molar-refractivity contribution is 5.97. The van der Waals surface area contributed by atoms with Crippen molar-refractivity contribution in [2.75, 3.05) is 0 Å². The molecule has 0 saturated heterocycles. The molecular weight excluding hydrogens is 300 g/mol. The molecule has 0 aliphatic heterocycles. The second-order valence-corrected chi connectivity index (χ2v) is 5.93. The van der Waals surface area contributed by atoms with Crippen molar-refractivity contribution >= 4 is 5.78 Å². The Morgan fingerprint density at radius 2 is 1.67 bits per heavy atom. The Labute approximate surface area is 140 Å². The lowest BCUT2D eigenvalue weighted by molar-refractivity contribution is 0.0885. The molecule has 0 amide bonds. The van der Waals surface area contributed by atoms with Crippen LogP contribution in [0.15, 0.2) is 60.7 Å². The van der Waals surface area contributed by atoms with Crippen molar-refractivity contribution in [1.29, 1.82) is 0 Å². The summed E-state index contributed by atoms with van der Waals surface area (Å²) < 4.78 is 1.76. The molecule has 0 N–H and O–H groups in total. The van der Waals surface area contributed by atoms with Gasteiger partial charge in [-0.3, -0.25) is 4.79 Å². The summed E-state index contributed by atoms with van der Waals surface area (Å²) in [6, 6.07) is 19.9. The van der Waals surface area contributed by atoms with E-state index in [1.54, 1.807) is 4.73 Å². The normalized spacial score (nSPS) is 13.6. The second-order valence-electron chi connectivity index (χ2n) is 5.93. The molecule has 0 spiro atoms. The van der Waals surface area contributed by atoms with Crippen molar-refractivity contribution in [3.8, 4) is 11.4 Å². The predicted molar refractivity (Wildman–Crippen MR) is 91.7 cm³/mol. The van der Waals surface area contributed by atoms with Crippen molar-refractivity contribution in [3.63, 3.8) is 0 Å². The largest absolute Gasteiger partial charge is 0.407 e. The van der Waals surface area contributed by atoms with Crippen LogP contribution < -0.4 is 4.84 Å². The van der Waals surface area contributed by atoms with Gasteiger partial charge in [0.15, 0.2) is 11.6 Å². The van der Waals surface area contributed by atoms with Gasteiger partial charge in [0.1, 0.15) is 12.3 Å². The van der Waals surface area contributed by atoms with Gasteiger partial charge in [-0.1, -0.05) is 60.7 Å². The van der Waals surface area contributed by atoms with Crippen molar-refractivity contribution in [2.45, 2.75) is 25.9 Å². The molecule has 0 radical (unpaired) electrons. The van der Waals surface area contributed by atoms with Crippen LogP contribution in [0.2, 0.25) is 0 Å². The van der Waals surface area contributed by atoms with Gasteiger partial charge in [0.05, 0.1) is 5.69 Å². The van der Waals surface area contributed by atoms with Gasteiger partial charge in [-0.25, -0.2) is 4.98 Å². The molecule has 4 rings (SSSR count). The van der Waals surface area contributed by atoms with Gasteiger partial charge >= 0.3 is 0 Å². The molecule has 120 valence electrons. The summed E-state index contributed by atoms with van der Waals surface area (Å²) >= 11 is 0. The molecule has 4 heteroatoms. The molecule has 24 heavy (non-hydrogen) atoms. The fourth-order valence-electron chi connectivity index (χ4n) is 3.04. The van der Waals surface area contributed by atoms with E-state index >= 15 is 0 Å². The molecular formula is C20H18N2O2. The number of hydrogen-bond acceptors (Lipinski definition) is 3. The Morgan fingerprint density at radius 1 is 0.958 bits per heavy atom. The molecule has 1 aliphatic rings. The Morgan fingerprint density at radius 3 is 2.42 bits per heavy atom. The summed E-state index contributed by atoms with van der Waals surface area (Å²) in [7, 11) is 0. The molecule has 0 fully saturated rings. The minimum atomic E-state index is 0.107. The Bertz CT molecular complexity index is 854. The Balaban J connectivity index is 1.74. The lowest BCUT2D eigenvalue weighted by Gasteiger charge is -2.15. The average Bonchev–Trinajstić information content (AvgIpc) is 3.02. The van der Waals surface area contributed by atoms with Gasteiger partial charge in [0, 0.05) is 12.0 Å². The van der Waals surface area contributed by atoms with Gasteiger partial charge in [-0.2, -0.15) is 4.73 Å². The first-order valence-electron chi connectivity index (χ1n) is 8.20. The van der Waals surface area contributed by atoms with Crippen molar-refractivity contribution in [3.05, 3.63) is 77.6 Å². The number of fused-ring (bicyclic) bond motifs is 1. The van der Waals surface area contributed by atoms with E-state index in [9.17, 15) is 4.79 Å². The van der Waals surface area contributed by atoms with Crippen LogP contribution in [0, 0.1) is 0 Å². The zero-order chi connectivity index (χ0) is 16.4. The number of imidazole rings is 1. The number of carbonyl (C=O) groups excluding carboxylic acids is 1. The molecule has 0 unspecified atom stereocenters. The molecule has 2 aromatic carbocycles. The van der Waals surface area contributed by atoms with Gasteiger partial charge in [-0.15, -0.1) is 0 Å². The summed E-state index contributed by atoms with van der Waals surface area (Å²) in [4.78, 5) is 22.9. The highest BCUT2D eigenvalue weighted by Crippen LogP contribution is 2.27. The van der Waals surface area contributed by atoms with E-state index in [0.29, 0.717) is 24.5 Å². The second kappa shape index (κ2) is 6.32. The molecule has 1 aliphatic carbocycles. The zero-order valence-electron chi connectivity index (χ0n) is 13.3. The molecule has 0 atom stereocenters. The van der Waals surface area contributed by atoms with Gasteiger partial charge < -0.3 is 4.84 Å². The number of aromatic nitrogens is 2. The third kappa shape index (κ3) is 2.71. The third-order valence-electron chi connectivity index (χ3n) is 4.25. The molecule has 1 heterocycles. The summed E-state index contributed by atoms with van der Waals surface area (Å²) in [6.07, 6.45) is 2.23. The first kappa shape index (κ1) is 14.7. The van der Waals surface area contributed by atoms with Crippen molar-refractivity contribution in [1.82, 2.24) is 9.71 Å². The standard InChI is InChI=1S/C20H18N2O2/c23-18-13-7-12-17-19(18)21-20(16-10-5-2-6-11-16)22(17)24-14-15-8-3-1-4-9-15/h1-6,8-11H,7,12-14H2. The summed E-state index contributed by atoms with van der Waals surface area (Å²) in [5.74, 6) is 0.808. The van der Waals surface area contributed by atoms with Crippen LogP contribution in [0.1, 0.15) is 34.6 Å². The van der Waals surface area contributed by atoms with Crippen LogP contribution >= 0.6 is 0 Å². The maximum absolute atomic E-state index is 12.2. The average molecular weight is 318 g/mol. The molecule has 4 nitrogen and oxygen atoms in total. The lowest BCUT2D eigenvalue weighted by Crippen LogP contribution is -2.19. The first-order valence-corrected chi connectivity index (χ1v) is 8.20. The number of ketones is 1. The highest BCUT2D eigenvalue weighted by atomic mass is 16.7. The number of hydrogen-bond donors (Lipinski definition) is 0. The zero-order valence-corrected chi connectivity index (χ0v) is 13.3. The number of Topliss-reactive ketones (excluding diaryl/α,β-unsaturated/α-hetero) is 1. The lowest BCUT2D eigenvalue weighted by atomic mass is 10.0. The number of carbonyl (C=O) groups is 1. The summed E-state index contributed by atoms with van der Waals surface area (Å²) in [5.41, 5.74) is 3.49. The van der Waals surface area contributed by atoms with Crippen LogP contribution in [0.5, 0.6) is 0 Å². The van der Waals surface area contributed by atoms with E-state index in [1.165, 1.54) is 0 Å². The maximum atomic E-state index is 12.2. The Kier molecular flexibility index (Phi) is 3.87. The Hall–Kier alpha value is -2.88. The predicted octanol–water partition coefficient (Wildman–Crippen LogP) is 3.70. The van der Waals surface area contributed by atoms with E-state index in [1.807, 2.05) is 60.7 Å². The molecule has 3 aromatic rings. The molecule has 0 bridgehead atoms. The number of benzene rings is 2. The number of nitrogens with zero attached hydrogens (tertiary/aromatic N) is 2. The van der Waals surface area contributed by atoms with Gasteiger partial charge in [-0.05, 0) is 18.4 Å². The van der Waals surface area contributed by atoms with E-state index in [-0.39, 0.29) is 5.78 Å². The van der Waals surface area contributed by atoms with Crippen molar-refractivity contribution < 1.29 is 9.63 Å². The van der Waals surface area contributed by atoms with Crippen LogP contribution in [0.25, 0.3) is 11.4 Å². The summed E-state index contributed by atoms with van der Waals surface area (Å²) in [5, 5.41) is 0. The van der Waals surface area contributed by atoms with Crippen LogP contribution in [-0.2, 0) is 13.0 Å². The third-order valence-corrected chi connectivity index (χ3v) is 4.25. The van der Waals surface area contributed by atoms with E-state index in [4.69, 9.17) is 4.84 Å². The quantitative estimate of drug-likeness (QED) is 0.737. The van der Waals surface area contributed by atoms with Gasteiger partial charge in [0.25, 0.3) is 0 Å². The SMILES string of the molecule is O=C1CCCc2c1nc(-c1ccccc1)n2OCc1ccccc1. The highest BCUT2D eigenvalue weighted by Gasteiger charge is 2.27. The maximum Gasteiger partial charge on any atom is 0.183 e. The van der Waals surface area contributed by atoms with Crippen LogP contribution in [0.4, 0.5) is 0 Å². The molecule has 0 saturated carbocycles. The first-order chi connectivity index (χ1) is 11.8. The molecule has 1 aromatic heterocycles. The smallest absolute Gasteiger partial charge is 0.183 e.